The Balaban J connectivity index is 1.64. The average Bonchev–Trinajstić information content (AvgIpc) is 2.97. The largest absolute Gasteiger partial charge is 0.341 e. The van der Waals surface area contributed by atoms with Crippen molar-refractivity contribution < 1.29 is 13.6 Å². The number of urea groups is 1. The van der Waals surface area contributed by atoms with E-state index in [4.69, 9.17) is 0 Å². The van der Waals surface area contributed by atoms with Gasteiger partial charge in [-0.3, -0.25) is 0 Å². The molecule has 0 radical (unpaired) electrons. The van der Waals surface area contributed by atoms with E-state index in [9.17, 15) is 13.6 Å². The fourth-order valence-electron chi connectivity index (χ4n) is 3.35. The van der Waals surface area contributed by atoms with Gasteiger partial charge >= 0.3 is 6.03 Å². The molecule has 1 aromatic heterocycles. The van der Waals surface area contributed by atoms with Gasteiger partial charge in [0, 0.05) is 40.1 Å². The molecule has 0 spiro atoms. The molecule has 27 heavy (non-hydrogen) atoms. The highest BCUT2D eigenvalue weighted by Crippen LogP contribution is 2.31. The Morgan fingerprint density at radius 2 is 1.70 bits per heavy atom. The van der Waals surface area contributed by atoms with E-state index in [0.29, 0.717) is 5.69 Å². The summed E-state index contributed by atoms with van der Waals surface area (Å²) < 4.78 is 28.9. The lowest BCUT2D eigenvalue weighted by Crippen LogP contribution is -2.20. The number of nitrogens with one attached hydrogen (secondary N) is 2. The molecule has 4 aromatic rings. The Kier molecular flexibility index (Phi) is 4.24. The van der Waals surface area contributed by atoms with Crippen molar-refractivity contribution in [2.24, 2.45) is 0 Å². The van der Waals surface area contributed by atoms with Crippen LogP contribution in [0.3, 0.4) is 0 Å². The van der Waals surface area contributed by atoms with Gasteiger partial charge in [-0.1, -0.05) is 18.2 Å². The minimum atomic E-state index is -0.827. The predicted molar refractivity (Wildman–Crippen MR) is 104 cm³/mol. The normalized spacial score (nSPS) is 11.1. The Bertz CT molecular complexity index is 1170. The maximum Gasteiger partial charge on any atom is 0.323 e. The molecule has 0 unspecified atom stereocenters. The standard InChI is InChI=1S/C21H17F2N3O/c1-2-26-19-6-4-3-5-15(19)16-12-14(8-10-20(16)26)24-21(27)25-18-9-7-13(22)11-17(18)23/h3-12H,2H2,1H3,(H2,24,25,27). The number of fused-ring (bicyclic) bond motifs is 3. The van der Waals surface area contributed by atoms with E-state index in [2.05, 4.69) is 28.2 Å². The molecular weight excluding hydrogens is 348 g/mol. The number of nitrogens with zero attached hydrogens (tertiary/aromatic N) is 1. The first-order chi connectivity index (χ1) is 13.1. The number of carbonyl (C=O) groups is 1. The minimum absolute atomic E-state index is 0.0856. The first kappa shape index (κ1) is 17.0. The van der Waals surface area contributed by atoms with Gasteiger partial charge in [0.1, 0.15) is 11.6 Å². The molecule has 0 saturated heterocycles. The second kappa shape index (κ2) is 6.72. The third-order valence-corrected chi connectivity index (χ3v) is 4.53. The van der Waals surface area contributed by atoms with Crippen LogP contribution < -0.4 is 10.6 Å². The Labute approximate surface area is 154 Å². The predicted octanol–water partition coefficient (Wildman–Crippen LogP) is 5.74. The molecule has 2 amide bonds. The van der Waals surface area contributed by atoms with Crippen molar-refractivity contribution in [3.8, 4) is 0 Å². The number of hydrogen-bond donors (Lipinski definition) is 2. The highest BCUT2D eigenvalue weighted by molar-refractivity contribution is 6.10. The van der Waals surface area contributed by atoms with E-state index in [-0.39, 0.29) is 5.69 Å². The lowest BCUT2D eigenvalue weighted by molar-refractivity contribution is 0.262. The zero-order chi connectivity index (χ0) is 19.0. The van der Waals surface area contributed by atoms with E-state index in [0.717, 1.165) is 40.5 Å². The van der Waals surface area contributed by atoms with Crippen LogP contribution in [0.5, 0.6) is 0 Å². The summed E-state index contributed by atoms with van der Waals surface area (Å²) in [6, 6.07) is 16.1. The van der Waals surface area contributed by atoms with Crippen LogP contribution in [0.25, 0.3) is 21.8 Å². The number of para-hydroxylation sites is 1. The molecule has 0 aliphatic rings. The number of amides is 2. The van der Waals surface area contributed by atoms with Crippen molar-refractivity contribution in [2.75, 3.05) is 10.6 Å². The first-order valence-corrected chi connectivity index (χ1v) is 8.61. The fourth-order valence-corrected chi connectivity index (χ4v) is 3.35. The zero-order valence-electron chi connectivity index (χ0n) is 14.6. The fraction of sp³-hybridized carbons (Fsp3) is 0.0952. The van der Waals surface area contributed by atoms with Crippen LogP contribution in [0.2, 0.25) is 0 Å². The molecule has 4 nitrogen and oxygen atoms in total. The molecule has 136 valence electrons. The molecule has 0 atom stereocenters. The average molecular weight is 365 g/mol. The Morgan fingerprint density at radius 3 is 2.48 bits per heavy atom. The van der Waals surface area contributed by atoms with E-state index >= 15 is 0 Å². The summed E-state index contributed by atoms with van der Waals surface area (Å²) in [5.41, 5.74) is 2.71. The van der Waals surface area contributed by atoms with Crippen molar-refractivity contribution in [3.63, 3.8) is 0 Å². The number of aryl methyl sites for hydroxylation is 1. The minimum Gasteiger partial charge on any atom is -0.341 e. The third kappa shape index (κ3) is 3.10. The van der Waals surface area contributed by atoms with Crippen molar-refractivity contribution in [2.45, 2.75) is 13.5 Å². The quantitative estimate of drug-likeness (QED) is 0.478. The van der Waals surface area contributed by atoms with Gasteiger partial charge in [-0.15, -0.1) is 0 Å². The number of anilines is 2. The summed E-state index contributed by atoms with van der Waals surface area (Å²) >= 11 is 0. The molecule has 0 aliphatic heterocycles. The second-order valence-corrected chi connectivity index (χ2v) is 6.20. The van der Waals surface area contributed by atoms with Crippen LogP contribution in [0.1, 0.15) is 6.92 Å². The molecule has 0 bridgehead atoms. The summed E-state index contributed by atoms with van der Waals surface area (Å²) in [6.45, 7) is 2.92. The summed E-state index contributed by atoms with van der Waals surface area (Å²) in [7, 11) is 0. The molecular formula is C21H17F2N3O. The van der Waals surface area contributed by atoms with Crippen LogP contribution in [-0.4, -0.2) is 10.6 Å². The topological polar surface area (TPSA) is 46.1 Å². The summed E-state index contributed by atoms with van der Waals surface area (Å²) in [4.78, 5) is 12.2. The monoisotopic (exact) mass is 365 g/mol. The van der Waals surface area contributed by atoms with Crippen molar-refractivity contribution in [1.29, 1.82) is 0 Å². The number of rotatable bonds is 3. The highest BCUT2D eigenvalue weighted by Gasteiger charge is 2.12. The third-order valence-electron chi connectivity index (χ3n) is 4.53. The van der Waals surface area contributed by atoms with E-state index in [1.165, 1.54) is 6.07 Å². The van der Waals surface area contributed by atoms with E-state index in [1.807, 2.05) is 30.3 Å². The van der Waals surface area contributed by atoms with Crippen molar-refractivity contribution >= 4 is 39.2 Å². The van der Waals surface area contributed by atoms with Gasteiger partial charge in [0.2, 0.25) is 0 Å². The molecule has 3 aromatic carbocycles. The summed E-state index contributed by atoms with van der Waals surface area (Å²) in [5.74, 6) is -1.53. The molecule has 4 rings (SSSR count). The molecule has 2 N–H and O–H groups in total. The number of hydrogen-bond acceptors (Lipinski definition) is 1. The number of benzene rings is 3. The molecule has 0 fully saturated rings. The Hall–Kier alpha value is -3.41. The zero-order valence-corrected chi connectivity index (χ0v) is 14.6. The van der Waals surface area contributed by atoms with Crippen molar-refractivity contribution in [3.05, 3.63) is 72.3 Å². The van der Waals surface area contributed by atoms with Gasteiger partial charge in [-0.05, 0) is 43.3 Å². The summed E-state index contributed by atoms with van der Waals surface area (Å²) in [5, 5.41) is 7.21. The van der Waals surface area contributed by atoms with Crippen molar-refractivity contribution in [1.82, 2.24) is 4.57 Å². The Morgan fingerprint density at radius 1 is 0.926 bits per heavy atom. The van der Waals surface area contributed by atoms with Gasteiger partial charge in [0.15, 0.2) is 0 Å². The van der Waals surface area contributed by atoms with Gasteiger partial charge < -0.3 is 15.2 Å². The van der Waals surface area contributed by atoms with Gasteiger partial charge in [0.05, 0.1) is 5.69 Å². The SMILES string of the molecule is CCn1c2ccccc2c2cc(NC(=O)Nc3ccc(F)cc3F)ccc21. The van der Waals surface area contributed by atoms with Crippen LogP contribution in [0, 0.1) is 11.6 Å². The number of halogens is 2. The van der Waals surface area contributed by atoms with Gasteiger partial charge in [-0.25, -0.2) is 13.6 Å². The van der Waals surface area contributed by atoms with E-state index in [1.54, 1.807) is 6.07 Å². The second-order valence-electron chi connectivity index (χ2n) is 6.20. The molecule has 0 saturated carbocycles. The van der Waals surface area contributed by atoms with Crippen LogP contribution in [-0.2, 0) is 6.54 Å². The molecule has 0 aliphatic carbocycles. The lowest BCUT2D eigenvalue weighted by atomic mass is 10.1. The van der Waals surface area contributed by atoms with Crippen LogP contribution in [0.15, 0.2) is 60.7 Å². The first-order valence-electron chi connectivity index (χ1n) is 8.61. The number of aromatic nitrogens is 1. The maximum absolute atomic E-state index is 13.7. The lowest BCUT2D eigenvalue weighted by Gasteiger charge is -2.09. The smallest absolute Gasteiger partial charge is 0.323 e. The van der Waals surface area contributed by atoms with E-state index < -0.39 is 17.7 Å². The molecule has 6 heteroatoms. The molecule has 1 heterocycles. The summed E-state index contributed by atoms with van der Waals surface area (Å²) in [6.07, 6.45) is 0. The maximum atomic E-state index is 13.7. The van der Waals surface area contributed by atoms with Crippen LogP contribution in [0.4, 0.5) is 25.0 Å². The van der Waals surface area contributed by atoms with Gasteiger partial charge in [-0.2, -0.15) is 0 Å². The highest BCUT2D eigenvalue weighted by atomic mass is 19.1. The van der Waals surface area contributed by atoms with Crippen LogP contribution >= 0.6 is 0 Å². The number of carbonyl (C=O) groups excluding carboxylic acids is 1. The van der Waals surface area contributed by atoms with Gasteiger partial charge in [0.25, 0.3) is 0 Å².